The van der Waals surface area contributed by atoms with Gasteiger partial charge in [0.1, 0.15) is 5.75 Å². The Balaban J connectivity index is 1.81. The number of carboxylic acids is 1. The van der Waals surface area contributed by atoms with Crippen molar-refractivity contribution in [1.29, 1.82) is 0 Å². The summed E-state index contributed by atoms with van der Waals surface area (Å²) in [7, 11) is 0. The minimum atomic E-state index is -1.49. The zero-order valence-corrected chi connectivity index (χ0v) is 18.1. The minimum Gasteiger partial charge on any atom is -0.478 e. The van der Waals surface area contributed by atoms with E-state index in [9.17, 15) is 24.8 Å². The number of carboxylic acid groups (broad SMARTS) is 1. The van der Waals surface area contributed by atoms with Gasteiger partial charge in [0.2, 0.25) is 0 Å². The number of rotatable bonds is 6. The number of hydrogen-bond acceptors (Lipinski definition) is 6. The Morgan fingerprint density at radius 3 is 2.41 bits per heavy atom. The number of nitro benzene ring substituents is 1. The Morgan fingerprint density at radius 1 is 0.971 bits per heavy atom. The van der Waals surface area contributed by atoms with Crippen molar-refractivity contribution in [3.8, 4) is 5.75 Å². The molecule has 0 saturated carbocycles. The number of ether oxygens (including phenoxy) is 1. The fourth-order valence-corrected chi connectivity index (χ4v) is 3.53. The molecule has 4 aromatic rings. The molecular formula is C25H15ClN2O6. The van der Waals surface area contributed by atoms with Crippen molar-refractivity contribution in [1.82, 2.24) is 0 Å². The predicted molar refractivity (Wildman–Crippen MR) is 128 cm³/mol. The van der Waals surface area contributed by atoms with E-state index in [1.807, 2.05) is 18.2 Å². The van der Waals surface area contributed by atoms with E-state index in [-0.39, 0.29) is 5.75 Å². The third-order valence-electron chi connectivity index (χ3n) is 4.98. The maximum Gasteiger partial charge on any atom is 0.351 e. The molecule has 0 radical (unpaired) electrons. The third kappa shape index (κ3) is 4.62. The third-order valence-corrected chi connectivity index (χ3v) is 5.23. The molecule has 0 aliphatic carbocycles. The molecule has 8 nitrogen and oxygen atoms in total. The highest BCUT2D eigenvalue weighted by Crippen LogP contribution is 2.30. The first-order valence-corrected chi connectivity index (χ1v) is 10.3. The molecule has 0 amide bonds. The van der Waals surface area contributed by atoms with Gasteiger partial charge in [0.15, 0.2) is 5.56 Å². The summed E-state index contributed by atoms with van der Waals surface area (Å²) in [5.41, 5.74) is -0.800. The number of nitro groups is 1. The summed E-state index contributed by atoms with van der Waals surface area (Å²) in [5.74, 6) is -2.59. The first-order chi connectivity index (χ1) is 16.3. The number of halogens is 1. The Hall–Kier alpha value is -4.56. The van der Waals surface area contributed by atoms with E-state index in [0.29, 0.717) is 21.7 Å². The van der Waals surface area contributed by atoms with Gasteiger partial charge in [0, 0.05) is 22.9 Å². The van der Waals surface area contributed by atoms with Crippen molar-refractivity contribution < 1.29 is 24.4 Å². The molecule has 4 aromatic carbocycles. The summed E-state index contributed by atoms with van der Waals surface area (Å²) in [4.78, 5) is 39.7. The van der Waals surface area contributed by atoms with Crippen molar-refractivity contribution in [3.63, 3.8) is 0 Å². The van der Waals surface area contributed by atoms with Crippen molar-refractivity contribution >= 4 is 51.9 Å². The summed E-state index contributed by atoms with van der Waals surface area (Å²) in [6.07, 6.45) is 1.51. The van der Waals surface area contributed by atoms with Crippen LogP contribution in [0, 0.1) is 10.1 Å². The van der Waals surface area contributed by atoms with Crippen LogP contribution in [0.2, 0.25) is 5.02 Å². The fraction of sp³-hybridized carbons (Fsp3) is 0. The lowest BCUT2D eigenvalue weighted by Gasteiger charge is -2.12. The van der Waals surface area contributed by atoms with Crippen LogP contribution in [-0.2, 0) is 0 Å². The summed E-state index contributed by atoms with van der Waals surface area (Å²) in [6, 6.07) is 20.7. The Kier molecular flexibility index (Phi) is 6.33. The van der Waals surface area contributed by atoms with E-state index in [4.69, 9.17) is 16.3 Å². The molecule has 34 heavy (non-hydrogen) atoms. The molecule has 0 heterocycles. The molecule has 0 aliphatic heterocycles. The van der Waals surface area contributed by atoms with Gasteiger partial charge in [0.05, 0.1) is 16.2 Å². The van der Waals surface area contributed by atoms with Crippen molar-refractivity contribution in [3.05, 3.63) is 111 Å². The average molecular weight is 475 g/mol. The minimum absolute atomic E-state index is 0.0657. The van der Waals surface area contributed by atoms with Gasteiger partial charge in [-0.25, -0.2) is 9.59 Å². The van der Waals surface area contributed by atoms with Crippen molar-refractivity contribution in [2.24, 2.45) is 4.99 Å². The molecule has 1 N–H and O–H groups in total. The molecule has 0 saturated heterocycles. The van der Waals surface area contributed by atoms with Gasteiger partial charge in [-0.2, -0.15) is 0 Å². The van der Waals surface area contributed by atoms with Crippen molar-refractivity contribution in [2.75, 3.05) is 0 Å². The van der Waals surface area contributed by atoms with Gasteiger partial charge in [0.25, 0.3) is 5.69 Å². The smallest absolute Gasteiger partial charge is 0.351 e. The number of aliphatic imine (C=N–C) groups is 1. The number of esters is 1. The molecule has 168 valence electrons. The van der Waals surface area contributed by atoms with E-state index in [1.165, 1.54) is 18.3 Å². The van der Waals surface area contributed by atoms with Crippen LogP contribution >= 0.6 is 11.6 Å². The Bertz CT molecular complexity index is 1430. The highest BCUT2D eigenvalue weighted by Gasteiger charge is 2.29. The molecular weight excluding hydrogens is 460 g/mol. The highest BCUT2D eigenvalue weighted by atomic mass is 35.5. The van der Waals surface area contributed by atoms with Crippen molar-refractivity contribution in [2.45, 2.75) is 0 Å². The summed E-state index contributed by atoms with van der Waals surface area (Å²) in [6.45, 7) is 0. The number of carbonyl (C=O) groups is 2. The second-order valence-corrected chi connectivity index (χ2v) is 7.52. The van der Waals surface area contributed by atoms with Crippen LogP contribution in [0.1, 0.15) is 26.3 Å². The molecule has 0 unspecified atom stereocenters. The zero-order valence-electron chi connectivity index (χ0n) is 17.3. The maximum absolute atomic E-state index is 13.0. The van der Waals surface area contributed by atoms with Crippen LogP contribution in [0.15, 0.2) is 83.9 Å². The lowest BCUT2D eigenvalue weighted by atomic mass is 10.0. The molecule has 0 aromatic heterocycles. The molecule has 0 bridgehead atoms. The van der Waals surface area contributed by atoms with Gasteiger partial charge in [-0.3, -0.25) is 15.1 Å². The maximum atomic E-state index is 13.0. The summed E-state index contributed by atoms with van der Waals surface area (Å²) >= 11 is 5.92. The quantitative estimate of drug-likeness (QED) is 0.119. The van der Waals surface area contributed by atoms with Gasteiger partial charge < -0.3 is 9.84 Å². The first-order valence-electron chi connectivity index (χ1n) is 9.89. The van der Waals surface area contributed by atoms with Gasteiger partial charge in [-0.05, 0) is 47.2 Å². The van der Waals surface area contributed by atoms with E-state index in [2.05, 4.69) is 4.99 Å². The fourth-order valence-electron chi connectivity index (χ4n) is 3.40. The van der Waals surface area contributed by atoms with Gasteiger partial charge in [-0.15, -0.1) is 0 Å². The van der Waals surface area contributed by atoms with Gasteiger partial charge in [-0.1, -0.05) is 48.0 Å². The number of nitrogens with zero attached hydrogens (tertiary/aromatic N) is 2. The van der Waals surface area contributed by atoms with E-state index in [1.54, 1.807) is 36.4 Å². The molecule has 0 aliphatic rings. The van der Waals surface area contributed by atoms with Crippen LogP contribution in [0.5, 0.6) is 5.75 Å². The predicted octanol–water partition coefficient (Wildman–Crippen LogP) is 6.07. The second kappa shape index (κ2) is 9.51. The van der Waals surface area contributed by atoms with Crippen LogP contribution in [0.25, 0.3) is 10.8 Å². The molecule has 4 rings (SSSR count). The SMILES string of the molecule is O=C(O)c1cccc([N+](=O)[O-])c1C(=O)Oc1ccc2ccccc2c1C=Nc1ccc(Cl)cc1. The lowest BCUT2D eigenvalue weighted by Crippen LogP contribution is -2.17. The number of fused-ring (bicyclic) bond motifs is 1. The van der Waals surface area contributed by atoms with E-state index < -0.39 is 33.7 Å². The Labute approximate surface area is 197 Å². The van der Waals surface area contributed by atoms with Crippen LogP contribution in [0.3, 0.4) is 0 Å². The summed E-state index contributed by atoms with van der Waals surface area (Å²) in [5, 5.41) is 23.0. The monoisotopic (exact) mass is 474 g/mol. The zero-order chi connectivity index (χ0) is 24.2. The number of carbonyl (C=O) groups excluding carboxylic acids is 1. The number of benzene rings is 4. The van der Waals surface area contributed by atoms with Crippen LogP contribution in [-0.4, -0.2) is 28.2 Å². The Morgan fingerprint density at radius 2 is 1.71 bits per heavy atom. The van der Waals surface area contributed by atoms with Crippen LogP contribution < -0.4 is 4.74 Å². The normalized spacial score (nSPS) is 11.0. The van der Waals surface area contributed by atoms with E-state index in [0.717, 1.165) is 17.5 Å². The highest BCUT2D eigenvalue weighted by molar-refractivity contribution is 6.30. The lowest BCUT2D eigenvalue weighted by molar-refractivity contribution is -0.385. The topological polar surface area (TPSA) is 119 Å². The second-order valence-electron chi connectivity index (χ2n) is 7.08. The summed E-state index contributed by atoms with van der Waals surface area (Å²) < 4.78 is 5.51. The largest absolute Gasteiger partial charge is 0.478 e. The molecule has 9 heteroatoms. The number of hydrogen-bond donors (Lipinski definition) is 1. The molecule has 0 fully saturated rings. The molecule has 0 spiro atoms. The standard InChI is InChI=1S/C25H15ClN2O6/c26-16-9-11-17(12-10-16)27-14-20-18-5-2-1-4-15(18)8-13-22(20)34-25(31)23-19(24(29)30)6-3-7-21(23)28(32)33/h1-14H,(H,29,30). The van der Waals surface area contributed by atoms with E-state index >= 15 is 0 Å². The average Bonchev–Trinajstić information content (AvgIpc) is 2.83. The molecule has 0 atom stereocenters. The van der Waals surface area contributed by atoms with Crippen LogP contribution in [0.4, 0.5) is 11.4 Å². The number of aromatic carboxylic acids is 1. The first kappa shape index (κ1) is 22.6. The van der Waals surface area contributed by atoms with Gasteiger partial charge >= 0.3 is 11.9 Å².